The molecule has 10 aromatic carbocycles. The highest BCUT2D eigenvalue weighted by Crippen LogP contribution is 2.48. The van der Waals surface area contributed by atoms with Crippen LogP contribution in [-0.2, 0) is 0 Å². The van der Waals surface area contributed by atoms with E-state index in [1.54, 1.807) is 0 Å². The van der Waals surface area contributed by atoms with Crippen molar-refractivity contribution in [1.82, 2.24) is 0 Å². The molecular weight excluding hydrogens is 733 g/mol. The minimum Gasteiger partial charge on any atom is -0.310 e. The summed E-state index contributed by atoms with van der Waals surface area (Å²) in [6.45, 7) is 0. The molecule has 0 aliphatic heterocycles. The van der Waals surface area contributed by atoms with Gasteiger partial charge in [0.05, 0.1) is 0 Å². The molecule has 0 bridgehead atoms. The summed E-state index contributed by atoms with van der Waals surface area (Å²) < 4.78 is 2.59. The number of hydrogen-bond donors (Lipinski definition) is 0. The molecule has 0 amide bonds. The molecular formula is C56H38N2S. The van der Waals surface area contributed by atoms with Crippen LogP contribution in [0.15, 0.2) is 231 Å². The van der Waals surface area contributed by atoms with Crippen LogP contribution in [0.4, 0.5) is 34.1 Å². The van der Waals surface area contributed by atoms with E-state index in [0.717, 1.165) is 34.1 Å². The lowest BCUT2D eigenvalue weighted by atomic mass is 9.96. The van der Waals surface area contributed by atoms with Gasteiger partial charge in [0.15, 0.2) is 0 Å². The van der Waals surface area contributed by atoms with Crippen molar-refractivity contribution in [2.75, 3.05) is 9.80 Å². The maximum Gasteiger partial charge on any atom is 0.0476 e. The van der Waals surface area contributed by atoms with Crippen LogP contribution in [-0.4, -0.2) is 0 Å². The third kappa shape index (κ3) is 6.29. The molecule has 11 aromatic rings. The molecule has 0 saturated carbocycles. The minimum absolute atomic E-state index is 1.11. The van der Waals surface area contributed by atoms with E-state index in [4.69, 9.17) is 0 Å². The molecule has 0 unspecified atom stereocenters. The third-order valence-electron chi connectivity index (χ3n) is 11.4. The second kappa shape index (κ2) is 14.8. The number of para-hydroxylation sites is 2. The molecule has 0 radical (unpaired) electrons. The number of thiophene rings is 1. The second-order valence-corrected chi connectivity index (χ2v) is 16.0. The maximum atomic E-state index is 2.40. The van der Waals surface area contributed by atoms with E-state index >= 15 is 0 Å². The summed E-state index contributed by atoms with van der Waals surface area (Å²) in [7, 11) is 0. The normalized spacial score (nSPS) is 11.4. The van der Waals surface area contributed by atoms with Crippen LogP contribution in [0.1, 0.15) is 0 Å². The highest BCUT2D eigenvalue weighted by Gasteiger charge is 2.20. The molecule has 278 valence electrons. The van der Waals surface area contributed by atoms with Crippen molar-refractivity contribution in [3.63, 3.8) is 0 Å². The zero-order valence-electron chi connectivity index (χ0n) is 32.2. The topological polar surface area (TPSA) is 6.48 Å². The van der Waals surface area contributed by atoms with Crippen molar-refractivity contribution in [1.29, 1.82) is 0 Å². The molecule has 11 rings (SSSR count). The molecule has 3 heteroatoms. The molecule has 0 N–H and O–H groups in total. The quantitative estimate of drug-likeness (QED) is 0.142. The first kappa shape index (κ1) is 34.8. The van der Waals surface area contributed by atoms with Gasteiger partial charge in [-0.05, 0) is 111 Å². The van der Waals surface area contributed by atoms with Crippen LogP contribution in [0.3, 0.4) is 0 Å². The predicted octanol–water partition coefficient (Wildman–Crippen LogP) is 16.6. The highest BCUT2D eigenvalue weighted by atomic mass is 32.1. The molecule has 2 nitrogen and oxygen atoms in total. The van der Waals surface area contributed by atoms with Crippen molar-refractivity contribution in [2.45, 2.75) is 0 Å². The Labute approximate surface area is 348 Å². The standard InChI is InChI=1S/C56H38N2S/c1-5-15-39(16-6-1)41-25-29-45(30-26-41)58(46-31-27-42(28-32-46)40-17-7-2-8-18-40)47-33-35-51-53(37-47)49-23-13-14-24-50(49)55-52-36-34-48(38-54(52)59-56(51)55)57(43-19-9-3-10-20-43)44-21-11-4-12-22-44/h1-38H. The Morgan fingerprint density at radius 2 is 0.644 bits per heavy atom. The summed E-state index contributed by atoms with van der Waals surface area (Å²) in [5.41, 5.74) is 11.6. The van der Waals surface area contributed by atoms with Crippen LogP contribution < -0.4 is 9.80 Å². The molecule has 0 aliphatic rings. The molecule has 0 aliphatic carbocycles. The van der Waals surface area contributed by atoms with Crippen LogP contribution in [0.2, 0.25) is 0 Å². The monoisotopic (exact) mass is 770 g/mol. The number of rotatable bonds is 8. The van der Waals surface area contributed by atoms with E-state index in [2.05, 4.69) is 240 Å². The molecule has 0 fully saturated rings. The van der Waals surface area contributed by atoms with E-state index in [9.17, 15) is 0 Å². The van der Waals surface area contributed by atoms with Gasteiger partial charge in [-0.15, -0.1) is 11.3 Å². The summed E-state index contributed by atoms with van der Waals surface area (Å²) >= 11 is 1.89. The van der Waals surface area contributed by atoms with Gasteiger partial charge in [0.1, 0.15) is 0 Å². The van der Waals surface area contributed by atoms with Gasteiger partial charge >= 0.3 is 0 Å². The summed E-state index contributed by atoms with van der Waals surface area (Å²) in [5.74, 6) is 0. The number of anilines is 6. The van der Waals surface area contributed by atoms with Gasteiger partial charge in [0.2, 0.25) is 0 Å². The van der Waals surface area contributed by atoms with Crippen molar-refractivity contribution >= 4 is 87.2 Å². The fourth-order valence-corrected chi connectivity index (χ4v) is 9.91. The first-order chi connectivity index (χ1) is 29.3. The maximum absolute atomic E-state index is 2.40. The fourth-order valence-electron chi connectivity index (χ4n) is 8.63. The third-order valence-corrected chi connectivity index (χ3v) is 12.6. The average Bonchev–Trinajstić information content (AvgIpc) is 3.70. The van der Waals surface area contributed by atoms with Crippen molar-refractivity contribution < 1.29 is 0 Å². The molecule has 59 heavy (non-hydrogen) atoms. The van der Waals surface area contributed by atoms with E-state index in [0.29, 0.717) is 0 Å². The average molecular weight is 771 g/mol. The Hall–Kier alpha value is -7.46. The molecule has 0 spiro atoms. The zero-order valence-corrected chi connectivity index (χ0v) is 33.1. The summed E-state index contributed by atoms with van der Waals surface area (Å²) in [4.78, 5) is 4.74. The number of hydrogen-bond acceptors (Lipinski definition) is 3. The number of fused-ring (bicyclic) bond motifs is 8. The van der Waals surface area contributed by atoms with Gasteiger partial charge in [-0.1, -0.05) is 158 Å². The lowest BCUT2D eigenvalue weighted by molar-refractivity contribution is 1.29. The Kier molecular flexibility index (Phi) is 8.72. The fraction of sp³-hybridized carbons (Fsp3) is 0. The Morgan fingerprint density at radius 1 is 0.254 bits per heavy atom. The van der Waals surface area contributed by atoms with Crippen LogP contribution in [0, 0.1) is 0 Å². The largest absolute Gasteiger partial charge is 0.310 e. The van der Waals surface area contributed by atoms with Crippen LogP contribution in [0.25, 0.3) is 64.0 Å². The Bertz CT molecular complexity index is 3110. The molecule has 0 atom stereocenters. The van der Waals surface area contributed by atoms with E-state index in [1.807, 2.05) is 11.3 Å². The second-order valence-electron chi connectivity index (χ2n) is 14.9. The van der Waals surface area contributed by atoms with Gasteiger partial charge < -0.3 is 9.80 Å². The van der Waals surface area contributed by atoms with E-state index < -0.39 is 0 Å². The molecule has 1 heterocycles. The van der Waals surface area contributed by atoms with Gasteiger partial charge in [-0.3, -0.25) is 0 Å². The lowest BCUT2D eigenvalue weighted by Crippen LogP contribution is -2.10. The van der Waals surface area contributed by atoms with Crippen molar-refractivity contribution in [2.24, 2.45) is 0 Å². The minimum atomic E-state index is 1.11. The lowest BCUT2D eigenvalue weighted by Gasteiger charge is -2.26. The number of benzene rings is 10. The van der Waals surface area contributed by atoms with Crippen LogP contribution in [0.5, 0.6) is 0 Å². The van der Waals surface area contributed by atoms with Gasteiger partial charge in [0, 0.05) is 59.7 Å². The van der Waals surface area contributed by atoms with Gasteiger partial charge in [-0.2, -0.15) is 0 Å². The summed E-state index contributed by atoms with van der Waals surface area (Å²) in [6.07, 6.45) is 0. The van der Waals surface area contributed by atoms with E-state index in [-0.39, 0.29) is 0 Å². The van der Waals surface area contributed by atoms with Crippen molar-refractivity contribution in [3.05, 3.63) is 231 Å². The van der Waals surface area contributed by atoms with Crippen LogP contribution >= 0.6 is 11.3 Å². The molecule has 0 saturated heterocycles. The van der Waals surface area contributed by atoms with Gasteiger partial charge in [-0.25, -0.2) is 0 Å². The zero-order chi connectivity index (χ0) is 39.1. The number of nitrogens with zero attached hydrogens (tertiary/aromatic N) is 2. The van der Waals surface area contributed by atoms with Gasteiger partial charge in [0.25, 0.3) is 0 Å². The predicted molar refractivity (Wildman–Crippen MR) is 255 cm³/mol. The Morgan fingerprint density at radius 3 is 1.17 bits per heavy atom. The SMILES string of the molecule is c1ccc(-c2ccc(N(c3ccc(-c4ccccc4)cc3)c3ccc4c(c3)c3ccccc3c3c5ccc(N(c6ccccc6)c6ccccc6)cc5sc43)cc2)cc1. The van der Waals surface area contributed by atoms with Crippen molar-refractivity contribution in [3.8, 4) is 22.3 Å². The first-order valence-electron chi connectivity index (χ1n) is 20.1. The Balaban J connectivity index is 1.08. The highest BCUT2D eigenvalue weighted by molar-refractivity contribution is 7.27. The smallest absolute Gasteiger partial charge is 0.0476 e. The summed E-state index contributed by atoms with van der Waals surface area (Å²) in [5, 5.41) is 7.67. The van der Waals surface area contributed by atoms with E-state index in [1.165, 1.54) is 64.0 Å². The summed E-state index contributed by atoms with van der Waals surface area (Å²) in [6, 6.07) is 83.4. The first-order valence-corrected chi connectivity index (χ1v) is 20.9. The molecule has 1 aromatic heterocycles.